The molecule has 0 bridgehead atoms. The Bertz CT molecular complexity index is 506. The van der Waals surface area contributed by atoms with E-state index < -0.39 is 5.97 Å². The number of nitrogens with zero attached hydrogens (tertiary/aromatic N) is 2. The van der Waals surface area contributed by atoms with Crippen LogP contribution in [0.25, 0.3) is 0 Å². The smallest absolute Gasteiger partial charge is 0.357 e. The van der Waals surface area contributed by atoms with Crippen LogP contribution in [0.2, 0.25) is 0 Å². The van der Waals surface area contributed by atoms with E-state index in [1.807, 2.05) is 6.92 Å². The van der Waals surface area contributed by atoms with Crippen LogP contribution in [0.4, 0.5) is 5.13 Å². The number of nitrogens with one attached hydrogen (secondary N) is 2. The van der Waals surface area contributed by atoms with Gasteiger partial charge in [-0.15, -0.1) is 11.3 Å². The lowest BCUT2D eigenvalue weighted by Crippen LogP contribution is -2.04. The van der Waals surface area contributed by atoms with E-state index in [0.717, 1.165) is 10.7 Å². The summed E-state index contributed by atoms with van der Waals surface area (Å²) in [5, 5.41) is 3.77. The van der Waals surface area contributed by atoms with Crippen molar-refractivity contribution in [3.8, 4) is 0 Å². The second-order valence-electron chi connectivity index (χ2n) is 3.30. The van der Waals surface area contributed by atoms with Crippen LogP contribution in [0.5, 0.6) is 0 Å². The van der Waals surface area contributed by atoms with Crippen molar-refractivity contribution in [3.05, 3.63) is 28.8 Å². The highest BCUT2D eigenvalue weighted by molar-refractivity contribution is 7.15. The molecule has 0 fully saturated rings. The second kappa shape index (κ2) is 4.96. The van der Waals surface area contributed by atoms with Crippen molar-refractivity contribution in [3.63, 3.8) is 0 Å². The van der Waals surface area contributed by atoms with E-state index in [1.54, 1.807) is 12.4 Å². The highest BCUT2D eigenvalue weighted by Gasteiger charge is 2.15. The number of esters is 1. The van der Waals surface area contributed by atoms with Gasteiger partial charge >= 0.3 is 5.97 Å². The molecule has 90 valence electrons. The predicted molar refractivity (Wildman–Crippen MR) is 64.1 cm³/mol. The third-order valence-electron chi connectivity index (χ3n) is 2.14. The van der Waals surface area contributed by atoms with Gasteiger partial charge in [0.2, 0.25) is 0 Å². The summed E-state index contributed by atoms with van der Waals surface area (Å²) in [6, 6.07) is 0. The lowest BCUT2D eigenvalue weighted by Gasteiger charge is -1.98. The molecular weight excluding hydrogens is 240 g/mol. The van der Waals surface area contributed by atoms with E-state index >= 15 is 0 Å². The van der Waals surface area contributed by atoms with Crippen molar-refractivity contribution >= 4 is 22.4 Å². The van der Waals surface area contributed by atoms with Crippen LogP contribution in [-0.2, 0) is 11.3 Å². The molecule has 0 atom stereocenters. The van der Waals surface area contributed by atoms with Gasteiger partial charge in [-0.3, -0.25) is 0 Å². The summed E-state index contributed by atoms with van der Waals surface area (Å²) < 4.78 is 4.64. The molecule has 2 aromatic rings. The number of carbonyl (C=O) groups excluding carboxylic acids is 1. The van der Waals surface area contributed by atoms with Gasteiger partial charge < -0.3 is 15.0 Å². The van der Waals surface area contributed by atoms with Gasteiger partial charge in [0.25, 0.3) is 0 Å². The van der Waals surface area contributed by atoms with Gasteiger partial charge in [-0.05, 0) is 6.92 Å². The average Bonchev–Trinajstić information content (AvgIpc) is 2.94. The number of ether oxygens (including phenoxy) is 1. The summed E-state index contributed by atoms with van der Waals surface area (Å²) in [5.74, 6) is 0.405. The Labute approximate surface area is 102 Å². The number of aromatic nitrogens is 3. The van der Waals surface area contributed by atoms with Gasteiger partial charge in [0.15, 0.2) is 10.8 Å². The third kappa shape index (κ3) is 2.62. The number of hydrogen-bond donors (Lipinski definition) is 2. The summed E-state index contributed by atoms with van der Waals surface area (Å²) in [7, 11) is 1.34. The number of hydrogen-bond acceptors (Lipinski definition) is 6. The van der Waals surface area contributed by atoms with E-state index in [1.165, 1.54) is 18.4 Å². The number of aromatic amines is 1. The molecule has 0 aliphatic carbocycles. The largest absolute Gasteiger partial charge is 0.464 e. The monoisotopic (exact) mass is 252 g/mol. The molecule has 0 saturated heterocycles. The number of H-pyrrole nitrogens is 1. The Kier molecular flexibility index (Phi) is 3.38. The SMILES string of the molecule is COC(=O)c1nc(NCc2ncc[nH]2)sc1C. The Morgan fingerprint density at radius 1 is 1.65 bits per heavy atom. The normalized spacial score (nSPS) is 10.2. The van der Waals surface area contributed by atoms with Crippen LogP contribution in [0, 0.1) is 6.92 Å². The Morgan fingerprint density at radius 2 is 2.47 bits per heavy atom. The quantitative estimate of drug-likeness (QED) is 0.807. The number of rotatable bonds is 4. The van der Waals surface area contributed by atoms with Crippen molar-refractivity contribution in [1.82, 2.24) is 15.0 Å². The fourth-order valence-electron chi connectivity index (χ4n) is 1.31. The van der Waals surface area contributed by atoms with Gasteiger partial charge in [-0.25, -0.2) is 14.8 Å². The van der Waals surface area contributed by atoms with Crippen molar-refractivity contribution < 1.29 is 9.53 Å². The standard InChI is InChI=1S/C10H12N4O2S/c1-6-8(9(15)16-2)14-10(17-6)13-5-7-11-3-4-12-7/h3-4H,5H2,1-2H3,(H,11,12)(H,13,14). The van der Waals surface area contributed by atoms with Crippen LogP contribution in [0.15, 0.2) is 12.4 Å². The molecule has 17 heavy (non-hydrogen) atoms. The van der Waals surface area contributed by atoms with E-state index in [2.05, 4.69) is 25.0 Å². The summed E-state index contributed by atoms with van der Waals surface area (Å²) in [6.07, 6.45) is 3.44. The molecule has 2 heterocycles. The molecule has 0 saturated carbocycles. The molecule has 0 amide bonds. The average molecular weight is 252 g/mol. The van der Waals surface area contributed by atoms with Crippen LogP contribution in [0.1, 0.15) is 21.2 Å². The summed E-state index contributed by atoms with van der Waals surface area (Å²) in [6.45, 7) is 2.38. The van der Waals surface area contributed by atoms with Gasteiger partial charge in [0.1, 0.15) is 5.82 Å². The lowest BCUT2D eigenvalue weighted by molar-refractivity contribution is 0.0594. The Hall–Kier alpha value is -1.89. The molecular formula is C10H12N4O2S. The van der Waals surface area contributed by atoms with Crippen LogP contribution < -0.4 is 5.32 Å². The lowest BCUT2D eigenvalue weighted by atomic mass is 10.4. The van der Waals surface area contributed by atoms with Gasteiger partial charge in [0.05, 0.1) is 13.7 Å². The van der Waals surface area contributed by atoms with E-state index in [9.17, 15) is 4.79 Å². The summed E-state index contributed by atoms with van der Waals surface area (Å²) in [5.41, 5.74) is 0.361. The first kappa shape index (κ1) is 11.6. The maximum Gasteiger partial charge on any atom is 0.357 e. The first-order valence-corrected chi connectivity index (χ1v) is 5.80. The Balaban J connectivity index is 2.05. The van der Waals surface area contributed by atoms with Crippen molar-refractivity contribution in [2.45, 2.75) is 13.5 Å². The zero-order chi connectivity index (χ0) is 12.3. The molecule has 2 N–H and O–H groups in total. The number of thiazole rings is 1. The van der Waals surface area contributed by atoms with E-state index in [4.69, 9.17) is 0 Å². The molecule has 0 spiro atoms. The maximum atomic E-state index is 11.4. The van der Waals surface area contributed by atoms with Crippen molar-refractivity contribution in [1.29, 1.82) is 0 Å². The molecule has 2 aromatic heterocycles. The Morgan fingerprint density at radius 3 is 3.12 bits per heavy atom. The van der Waals surface area contributed by atoms with E-state index in [0.29, 0.717) is 17.4 Å². The predicted octanol–water partition coefficient (Wildman–Crippen LogP) is 1.57. The molecule has 0 radical (unpaired) electrons. The van der Waals surface area contributed by atoms with Gasteiger partial charge in [0, 0.05) is 17.3 Å². The number of aryl methyl sites for hydroxylation is 1. The van der Waals surface area contributed by atoms with Crippen LogP contribution in [-0.4, -0.2) is 28.0 Å². The minimum absolute atomic E-state index is 0.361. The van der Waals surface area contributed by atoms with Crippen molar-refractivity contribution in [2.24, 2.45) is 0 Å². The highest BCUT2D eigenvalue weighted by Crippen LogP contribution is 2.22. The molecule has 0 unspecified atom stereocenters. The fraction of sp³-hybridized carbons (Fsp3) is 0.300. The molecule has 0 aliphatic heterocycles. The first-order valence-electron chi connectivity index (χ1n) is 4.98. The van der Waals surface area contributed by atoms with Gasteiger partial charge in [-0.1, -0.05) is 0 Å². The van der Waals surface area contributed by atoms with Crippen LogP contribution in [0.3, 0.4) is 0 Å². The highest BCUT2D eigenvalue weighted by atomic mass is 32.1. The minimum Gasteiger partial charge on any atom is -0.464 e. The van der Waals surface area contributed by atoms with Crippen molar-refractivity contribution in [2.75, 3.05) is 12.4 Å². The number of anilines is 1. The fourth-order valence-corrected chi connectivity index (χ4v) is 2.11. The zero-order valence-corrected chi connectivity index (χ0v) is 10.3. The zero-order valence-electron chi connectivity index (χ0n) is 9.48. The van der Waals surface area contributed by atoms with Crippen LogP contribution >= 0.6 is 11.3 Å². The number of carbonyl (C=O) groups is 1. The maximum absolute atomic E-state index is 11.4. The molecule has 0 aliphatic rings. The number of imidazole rings is 1. The number of methoxy groups -OCH3 is 1. The van der Waals surface area contributed by atoms with Gasteiger partial charge in [-0.2, -0.15) is 0 Å². The first-order chi connectivity index (χ1) is 8.20. The molecule has 6 nitrogen and oxygen atoms in total. The van der Waals surface area contributed by atoms with E-state index in [-0.39, 0.29) is 0 Å². The molecule has 2 rings (SSSR count). The second-order valence-corrected chi connectivity index (χ2v) is 4.51. The summed E-state index contributed by atoms with van der Waals surface area (Å²) >= 11 is 1.42. The summed E-state index contributed by atoms with van der Waals surface area (Å²) in [4.78, 5) is 23.4. The topological polar surface area (TPSA) is 79.9 Å². The minimum atomic E-state index is -0.412. The molecule has 7 heteroatoms. The molecule has 0 aromatic carbocycles. The third-order valence-corrected chi connectivity index (χ3v) is 3.07.